The molecule has 7 nitrogen and oxygen atoms in total. The van der Waals surface area contributed by atoms with Crippen molar-refractivity contribution in [2.24, 2.45) is 0 Å². The first-order valence-corrected chi connectivity index (χ1v) is 12.8. The monoisotopic (exact) mass is 539 g/mol. The maximum Gasteiger partial charge on any atom is 0.263 e. The number of amides is 2. The smallest absolute Gasteiger partial charge is 0.263 e. The summed E-state index contributed by atoms with van der Waals surface area (Å²) in [7, 11) is -4.18. The number of carbonyl (C=O) groups is 2. The molecule has 0 spiro atoms. The van der Waals surface area contributed by atoms with Gasteiger partial charge >= 0.3 is 0 Å². The van der Waals surface area contributed by atoms with Gasteiger partial charge in [-0.3, -0.25) is 14.3 Å². The number of rotatable bonds is 7. The lowest BCUT2D eigenvalue weighted by atomic mass is 10.2. The standard InChI is InChI=1S/C26H19Cl2N3O4S/c27-22-16-23(28)24(15-21(22)26(33)30-18-9-5-2-6-10-18)36(34,35)31-20-13-11-19(12-14-20)29-25(32)17-7-3-1-4-8-17/h1-16,31H,(H,29,32)(H,30,33). The van der Waals surface area contributed by atoms with Crippen LogP contribution in [-0.2, 0) is 10.0 Å². The van der Waals surface area contributed by atoms with Crippen LogP contribution >= 0.6 is 23.2 Å². The molecule has 0 fully saturated rings. The van der Waals surface area contributed by atoms with Crippen molar-refractivity contribution in [2.75, 3.05) is 15.4 Å². The Balaban J connectivity index is 1.51. The predicted octanol–water partition coefficient (Wildman–Crippen LogP) is 6.30. The molecule has 0 aliphatic carbocycles. The number of hydrogen-bond donors (Lipinski definition) is 3. The molecule has 0 heterocycles. The first-order valence-electron chi connectivity index (χ1n) is 10.6. The van der Waals surface area contributed by atoms with Crippen LogP contribution in [0.25, 0.3) is 0 Å². The van der Waals surface area contributed by atoms with E-state index in [2.05, 4.69) is 15.4 Å². The fourth-order valence-corrected chi connectivity index (χ4v) is 5.17. The molecule has 3 N–H and O–H groups in total. The Morgan fingerprint density at radius 1 is 0.611 bits per heavy atom. The molecule has 0 saturated carbocycles. The Kier molecular flexibility index (Phi) is 7.59. The second kappa shape index (κ2) is 10.8. The Morgan fingerprint density at radius 2 is 1.14 bits per heavy atom. The lowest BCUT2D eigenvalue weighted by Crippen LogP contribution is -2.17. The van der Waals surface area contributed by atoms with Crippen molar-refractivity contribution < 1.29 is 18.0 Å². The van der Waals surface area contributed by atoms with Gasteiger partial charge in [-0.25, -0.2) is 8.42 Å². The second-order valence-electron chi connectivity index (χ2n) is 7.59. The quantitative estimate of drug-likeness (QED) is 0.256. The summed E-state index contributed by atoms with van der Waals surface area (Å²) in [5, 5.41) is 5.27. The molecule has 2 amide bonds. The molecular weight excluding hydrogens is 521 g/mol. The van der Waals surface area contributed by atoms with Crippen molar-refractivity contribution in [3.8, 4) is 0 Å². The molecule has 0 aliphatic heterocycles. The topological polar surface area (TPSA) is 104 Å². The van der Waals surface area contributed by atoms with E-state index in [1.54, 1.807) is 66.7 Å². The van der Waals surface area contributed by atoms with E-state index in [0.717, 1.165) is 6.07 Å². The number of para-hydroxylation sites is 1. The van der Waals surface area contributed by atoms with Crippen molar-refractivity contribution >= 4 is 62.1 Å². The first-order chi connectivity index (χ1) is 17.2. The lowest BCUT2D eigenvalue weighted by Gasteiger charge is -2.13. The van der Waals surface area contributed by atoms with Crippen LogP contribution in [0, 0.1) is 0 Å². The van der Waals surface area contributed by atoms with Crippen LogP contribution in [-0.4, -0.2) is 20.2 Å². The number of nitrogens with one attached hydrogen (secondary N) is 3. The van der Waals surface area contributed by atoms with Crippen LogP contribution in [0.3, 0.4) is 0 Å². The molecule has 10 heteroatoms. The molecule has 0 radical (unpaired) electrons. The Morgan fingerprint density at radius 3 is 1.78 bits per heavy atom. The SMILES string of the molecule is O=C(Nc1ccc(NS(=O)(=O)c2cc(C(=O)Nc3ccccc3)c(Cl)cc2Cl)cc1)c1ccccc1. The van der Waals surface area contributed by atoms with Gasteiger partial charge in [-0.15, -0.1) is 0 Å². The zero-order valence-electron chi connectivity index (χ0n) is 18.5. The van der Waals surface area contributed by atoms with Gasteiger partial charge in [0.25, 0.3) is 21.8 Å². The number of halogens is 2. The van der Waals surface area contributed by atoms with Gasteiger partial charge in [0.05, 0.1) is 15.6 Å². The summed E-state index contributed by atoms with van der Waals surface area (Å²) >= 11 is 12.4. The third-order valence-corrected chi connectivity index (χ3v) is 7.18. The van der Waals surface area contributed by atoms with Crippen molar-refractivity contribution in [2.45, 2.75) is 4.90 Å². The number of carbonyl (C=O) groups excluding carboxylic acids is 2. The number of anilines is 3. The van der Waals surface area contributed by atoms with Crippen LogP contribution in [0.2, 0.25) is 10.0 Å². The van der Waals surface area contributed by atoms with Crippen LogP contribution in [0.5, 0.6) is 0 Å². The van der Waals surface area contributed by atoms with Gasteiger partial charge in [0.2, 0.25) is 0 Å². The highest BCUT2D eigenvalue weighted by Crippen LogP contribution is 2.31. The maximum absolute atomic E-state index is 13.1. The summed E-state index contributed by atoms with van der Waals surface area (Å²) in [4.78, 5) is 24.7. The molecule has 4 aromatic carbocycles. The van der Waals surface area contributed by atoms with E-state index in [-0.39, 0.29) is 32.1 Å². The van der Waals surface area contributed by atoms with Crippen molar-refractivity contribution in [1.29, 1.82) is 0 Å². The molecule has 0 bridgehead atoms. The van der Waals surface area contributed by atoms with Gasteiger partial charge in [-0.05, 0) is 60.7 Å². The molecule has 36 heavy (non-hydrogen) atoms. The highest BCUT2D eigenvalue weighted by molar-refractivity contribution is 7.92. The molecule has 0 aliphatic rings. The Bertz CT molecular complexity index is 1510. The van der Waals surface area contributed by atoms with E-state index in [4.69, 9.17) is 23.2 Å². The summed E-state index contributed by atoms with van der Waals surface area (Å²) in [6.07, 6.45) is 0. The van der Waals surface area contributed by atoms with Gasteiger partial charge in [0.15, 0.2) is 0 Å². The Labute approximate surface area is 218 Å². The number of hydrogen-bond acceptors (Lipinski definition) is 4. The fourth-order valence-electron chi connectivity index (χ4n) is 3.25. The summed E-state index contributed by atoms with van der Waals surface area (Å²) in [6.45, 7) is 0. The van der Waals surface area contributed by atoms with E-state index in [1.165, 1.54) is 18.2 Å². The van der Waals surface area contributed by atoms with Gasteiger partial charge in [0, 0.05) is 22.6 Å². The maximum atomic E-state index is 13.1. The zero-order valence-corrected chi connectivity index (χ0v) is 20.9. The molecule has 0 unspecified atom stereocenters. The third kappa shape index (κ3) is 6.04. The van der Waals surface area contributed by atoms with Crippen molar-refractivity contribution in [3.05, 3.63) is 118 Å². The van der Waals surface area contributed by atoms with E-state index in [1.807, 2.05) is 6.07 Å². The van der Waals surface area contributed by atoms with E-state index >= 15 is 0 Å². The molecule has 0 aromatic heterocycles. The minimum absolute atomic E-state index is 0.00546. The van der Waals surface area contributed by atoms with Gasteiger partial charge in [-0.1, -0.05) is 59.6 Å². The molecule has 182 valence electrons. The van der Waals surface area contributed by atoms with Crippen LogP contribution < -0.4 is 15.4 Å². The summed E-state index contributed by atoms with van der Waals surface area (Å²) in [6, 6.07) is 25.8. The molecule has 0 atom stereocenters. The van der Waals surface area contributed by atoms with Crippen LogP contribution in [0.1, 0.15) is 20.7 Å². The fraction of sp³-hybridized carbons (Fsp3) is 0. The molecule has 0 saturated heterocycles. The second-order valence-corrected chi connectivity index (χ2v) is 10.1. The van der Waals surface area contributed by atoms with Crippen LogP contribution in [0.15, 0.2) is 102 Å². The van der Waals surface area contributed by atoms with E-state index in [0.29, 0.717) is 16.9 Å². The zero-order chi connectivity index (χ0) is 25.7. The number of benzene rings is 4. The van der Waals surface area contributed by atoms with Crippen molar-refractivity contribution in [3.63, 3.8) is 0 Å². The van der Waals surface area contributed by atoms with Gasteiger partial charge in [0.1, 0.15) is 4.90 Å². The molecule has 4 rings (SSSR count). The average molecular weight is 540 g/mol. The average Bonchev–Trinajstić information content (AvgIpc) is 2.86. The number of sulfonamides is 1. The van der Waals surface area contributed by atoms with Crippen LogP contribution in [0.4, 0.5) is 17.1 Å². The van der Waals surface area contributed by atoms with Gasteiger partial charge < -0.3 is 10.6 Å². The lowest BCUT2D eigenvalue weighted by molar-refractivity contribution is 0.101. The molecule has 4 aromatic rings. The minimum Gasteiger partial charge on any atom is -0.322 e. The third-order valence-electron chi connectivity index (χ3n) is 5.02. The normalized spacial score (nSPS) is 10.9. The van der Waals surface area contributed by atoms with E-state index < -0.39 is 15.9 Å². The van der Waals surface area contributed by atoms with Gasteiger partial charge in [-0.2, -0.15) is 0 Å². The summed E-state index contributed by atoms with van der Waals surface area (Å²) in [5.41, 5.74) is 1.68. The van der Waals surface area contributed by atoms with Crippen molar-refractivity contribution in [1.82, 2.24) is 0 Å². The minimum atomic E-state index is -4.18. The van der Waals surface area contributed by atoms with E-state index in [9.17, 15) is 18.0 Å². The first kappa shape index (κ1) is 25.2. The highest BCUT2D eigenvalue weighted by Gasteiger charge is 2.23. The summed E-state index contributed by atoms with van der Waals surface area (Å²) < 4.78 is 28.6. The molecular formula is C26H19Cl2N3O4S. The highest BCUT2D eigenvalue weighted by atomic mass is 35.5. The largest absolute Gasteiger partial charge is 0.322 e. The summed E-state index contributed by atoms with van der Waals surface area (Å²) in [5.74, 6) is -0.879. The Hall–Kier alpha value is -3.85. The predicted molar refractivity (Wildman–Crippen MR) is 143 cm³/mol.